The molecule has 1 aromatic heterocycles. The van der Waals surface area contributed by atoms with Crippen LogP contribution >= 0.6 is 11.6 Å². The van der Waals surface area contributed by atoms with E-state index in [1.807, 2.05) is 19.1 Å². The van der Waals surface area contributed by atoms with Crippen LogP contribution in [0.4, 0.5) is 0 Å². The molecule has 1 amide bonds. The molecule has 0 atom stereocenters. The number of hydrogen-bond acceptors (Lipinski definition) is 4. The molecule has 134 valence electrons. The summed E-state index contributed by atoms with van der Waals surface area (Å²) in [5.74, 6) is 0.640. The largest absolute Gasteiger partial charge is 0.349 e. The van der Waals surface area contributed by atoms with Crippen LogP contribution in [0.1, 0.15) is 42.1 Å². The molecule has 1 N–H and O–H groups in total. The van der Waals surface area contributed by atoms with E-state index in [0.29, 0.717) is 17.4 Å². The molecule has 1 saturated heterocycles. The number of aromatic nitrogens is 3. The fourth-order valence-electron chi connectivity index (χ4n) is 3.08. The third kappa shape index (κ3) is 4.80. The Bertz CT molecular complexity index is 707. The van der Waals surface area contributed by atoms with Crippen molar-refractivity contribution in [2.45, 2.75) is 32.6 Å². The maximum Gasteiger partial charge on any atom is 0.290 e. The summed E-state index contributed by atoms with van der Waals surface area (Å²) in [6.45, 7) is 5.87. The van der Waals surface area contributed by atoms with Crippen molar-refractivity contribution in [2.24, 2.45) is 0 Å². The van der Waals surface area contributed by atoms with Crippen LogP contribution in [0.2, 0.25) is 5.02 Å². The Hall–Kier alpha value is -1.92. The molecule has 1 aliphatic heterocycles. The van der Waals surface area contributed by atoms with Crippen molar-refractivity contribution < 1.29 is 4.79 Å². The number of aryl methyl sites for hydroxylation is 1. The SMILES string of the molecule is Cc1nc(C(=O)NCCCN2CCCCC2)nn1-c1ccc(Cl)cc1. The number of hydrogen-bond donors (Lipinski definition) is 1. The molecule has 25 heavy (non-hydrogen) atoms. The molecule has 0 bridgehead atoms. The first-order valence-corrected chi connectivity index (χ1v) is 9.21. The molecule has 7 heteroatoms. The highest BCUT2D eigenvalue weighted by atomic mass is 35.5. The van der Waals surface area contributed by atoms with Crippen LogP contribution in [-0.2, 0) is 0 Å². The maximum atomic E-state index is 12.3. The number of likely N-dealkylation sites (tertiary alicyclic amines) is 1. The van der Waals surface area contributed by atoms with E-state index in [2.05, 4.69) is 20.3 Å². The predicted octanol–water partition coefficient (Wildman–Crippen LogP) is 2.83. The number of amides is 1. The van der Waals surface area contributed by atoms with Gasteiger partial charge in [-0.3, -0.25) is 4.79 Å². The van der Waals surface area contributed by atoms with Crippen LogP contribution in [-0.4, -0.2) is 51.8 Å². The molecule has 0 radical (unpaired) electrons. The lowest BCUT2D eigenvalue weighted by molar-refractivity contribution is 0.0940. The second-order valence-electron chi connectivity index (χ2n) is 6.38. The van der Waals surface area contributed by atoms with E-state index < -0.39 is 0 Å². The highest BCUT2D eigenvalue weighted by molar-refractivity contribution is 6.30. The first kappa shape index (κ1) is 17.9. The Morgan fingerprint density at radius 1 is 1.20 bits per heavy atom. The summed E-state index contributed by atoms with van der Waals surface area (Å²) < 4.78 is 1.65. The Morgan fingerprint density at radius 3 is 2.64 bits per heavy atom. The fourth-order valence-corrected chi connectivity index (χ4v) is 3.21. The Kier molecular flexibility index (Phi) is 6.04. The number of nitrogens with one attached hydrogen (secondary N) is 1. The summed E-state index contributed by atoms with van der Waals surface area (Å²) in [6, 6.07) is 7.28. The number of carbonyl (C=O) groups is 1. The zero-order valence-corrected chi connectivity index (χ0v) is 15.3. The number of piperidine rings is 1. The van der Waals surface area contributed by atoms with E-state index in [4.69, 9.17) is 11.6 Å². The van der Waals surface area contributed by atoms with Crippen molar-refractivity contribution in [3.63, 3.8) is 0 Å². The molecule has 1 fully saturated rings. The van der Waals surface area contributed by atoms with Crippen molar-refractivity contribution in [1.82, 2.24) is 25.0 Å². The van der Waals surface area contributed by atoms with Crippen LogP contribution < -0.4 is 5.32 Å². The van der Waals surface area contributed by atoms with Gasteiger partial charge in [0.05, 0.1) is 5.69 Å². The van der Waals surface area contributed by atoms with Gasteiger partial charge in [-0.25, -0.2) is 9.67 Å². The van der Waals surface area contributed by atoms with E-state index in [9.17, 15) is 4.79 Å². The molecule has 2 heterocycles. The molecule has 6 nitrogen and oxygen atoms in total. The van der Waals surface area contributed by atoms with Gasteiger partial charge >= 0.3 is 0 Å². The second-order valence-corrected chi connectivity index (χ2v) is 6.82. The van der Waals surface area contributed by atoms with Crippen LogP contribution in [0.5, 0.6) is 0 Å². The monoisotopic (exact) mass is 361 g/mol. The average Bonchev–Trinajstić information content (AvgIpc) is 3.02. The lowest BCUT2D eigenvalue weighted by Gasteiger charge is -2.26. The minimum Gasteiger partial charge on any atom is -0.349 e. The third-order valence-electron chi connectivity index (χ3n) is 4.43. The van der Waals surface area contributed by atoms with Gasteiger partial charge in [-0.15, -0.1) is 5.10 Å². The first-order chi connectivity index (χ1) is 12.1. The summed E-state index contributed by atoms with van der Waals surface area (Å²) in [6.07, 6.45) is 4.87. The predicted molar refractivity (Wildman–Crippen MR) is 98.3 cm³/mol. The third-order valence-corrected chi connectivity index (χ3v) is 4.68. The van der Waals surface area contributed by atoms with Crippen molar-refractivity contribution in [1.29, 1.82) is 0 Å². The van der Waals surface area contributed by atoms with Gasteiger partial charge in [0.15, 0.2) is 0 Å². The molecule has 3 rings (SSSR count). The quantitative estimate of drug-likeness (QED) is 0.803. The van der Waals surface area contributed by atoms with E-state index in [1.165, 1.54) is 32.4 Å². The van der Waals surface area contributed by atoms with Gasteiger partial charge in [0.25, 0.3) is 5.91 Å². The number of carbonyl (C=O) groups excluding carboxylic acids is 1. The Morgan fingerprint density at radius 2 is 1.92 bits per heavy atom. The summed E-state index contributed by atoms with van der Waals surface area (Å²) in [7, 11) is 0. The maximum absolute atomic E-state index is 12.3. The average molecular weight is 362 g/mol. The van der Waals surface area contributed by atoms with E-state index >= 15 is 0 Å². The highest BCUT2D eigenvalue weighted by Crippen LogP contribution is 2.14. The number of halogens is 1. The minimum atomic E-state index is -0.227. The second kappa shape index (κ2) is 8.45. The molecular weight excluding hydrogens is 338 g/mol. The van der Waals surface area contributed by atoms with Gasteiger partial charge in [-0.1, -0.05) is 18.0 Å². The van der Waals surface area contributed by atoms with Crippen molar-refractivity contribution in [3.8, 4) is 5.69 Å². The minimum absolute atomic E-state index is 0.199. The molecule has 0 saturated carbocycles. The normalized spacial score (nSPS) is 15.3. The van der Waals surface area contributed by atoms with Gasteiger partial charge < -0.3 is 10.2 Å². The molecule has 2 aromatic rings. The highest BCUT2D eigenvalue weighted by Gasteiger charge is 2.15. The lowest BCUT2D eigenvalue weighted by Crippen LogP contribution is -2.33. The lowest BCUT2D eigenvalue weighted by atomic mass is 10.1. The summed E-state index contributed by atoms with van der Waals surface area (Å²) >= 11 is 5.91. The Balaban J connectivity index is 1.52. The zero-order chi connectivity index (χ0) is 17.6. The van der Waals surface area contributed by atoms with E-state index in [1.54, 1.807) is 16.8 Å². The molecule has 0 aliphatic carbocycles. The molecular formula is C18H24ClN5O. The smallest absolute Gasteiger partial charge is 0.290 e. The van der Waals surface area contributed by atoms with Crippen LogP contribution in [0.3, 0.4) is 0 Å². The molecule has 0 spiro atoms. The number of nitrogens with zero attached hydrogens (tertiary/aromatic N) is 4. The van der Waals surface area contributed by atoms with Gasteiger partial charge in [-0.05, 0) is 70.1 Å². The van der Waals surface area contributed by atoms with Crippen molar-refractivity contribution in [2.75, 3.05) is 26.2 Å². The topological polar surface area (TPSA) is 63.1 Å². The number of rotatable bonds is 6. The molecule has 1 aliphatic rings. The van der Waals surface area contributed by atoms with Crippen molar-refractivity contribution >= 4 is 17.5 Å². The van der Waals surface area contributed by atoms with E-state index in [0.717, 1.165) is 18.7 Å². The fraction of sp³-hybridized carbons (Fsp3) is 0.500. The summed E-state index contributed by atoms with van der Waals surface area (Å²) in [5, 5.41) is 7.89. The van der Waals surface area contributed by atoms with Gasteiger partial charge in [0.1, 0.15) is 5.82 Å². The van der Waals surface area contributed by atoms with Crippen LogP contribution in [0, 0.1) is 6.92 Å². The summed E-state index contributed by atoms with van der Waals surface area (Å²) in [4.78, 5) is 19.0. The van der Waals surface area contributed by atoms with Gasteiger partial charge in [-0.2, -0.15) is 0 Å². The Labute approximate surface area is 153 Å². The van der Waals surface area contributed by atoms with Crippen molar-refractivity contribution in [3.05, 3.63) is 40.9 Å². The first-order valence-electron chi connectivity index (χ1n) is 8.83. The molecule has 1 aromatic carbocycles. The number of benzene rings is 1. The van der Waals surface area contributed by atoms with Gasteiger partial charge in [0, 0.05) is 11.6 Å². The van der Waals surface area contributed by atoms with E-state index in [-0.39, 0.29) is 11.7 Å². The summed E-state index contributed by atoms with van der Waals surface area (Å²) in [5.41, 5.74) is 0.832. The standard InChI is InChI=1S/C18H24ClN5O/c1-14-21-17(22-24(14)16-8-6-15(19)7-9-16)18(25)20-10-5-13-23-11-3-2-4-12-23/h6-9H,2-5,10-13H2,1H3,(H,20,25). The zero-order valence-electron chi connectivity index (χ0n) is 14.5. The van der Waals surface area contributed by atoms with Gasteiger partial charge in [0.2, 0.25) is 5.82 Å². The van der Waals surface area contributed by atoms with Crippen LogP contribution in [0.25, 0.3) is 5.69 Å². The van der Waals surface area contributed by atoms with Crippen LogP contribution in [0.15, 0.2) is 24.3 Å². The molecule has 0 unspecified atom stereocenters.